The Morgan fingerprint density at radius 3 is 2.62 bits per heavy atom. The van der Waals surface area contributed by atoms with Crippen molar-refractivity contribution >= 4 is 5.91 Å². The number of aryl methyl sites for hydroxylation is 1. The summed E-state index contributed by atoms with van der Waals surface area (Å²) in [6.45, 7) is 5.52. The second kappa shape index (κ2) is 7.64. The fraction of sp³-hybridized carbons (Fsp3) is 0.400. The van der Waals surface area contributed by atoms with Crippen LogP contribution in [0.15, 0.2) is 41.2 Å². The van der Waals surface area contributed by atoms with E-state index in [1.807, 2.05) is 0 Å². The van der Waals surface area contributed by atoms with E-state index in [9.17, 15) is 22.8 Å². The number of hydrogen-bond acceptors (Lipinski definition) is 4. The van der Waals surface area contributed by atoms with Gasteiger partial charge in [-0.25, -0.2) is 0 Å². The summed E-state index contributed by atoms with van der Waals surface area (Å²) in [4.78, 5) is 25.4. The molecule has 0 radical (unpaired) electrons. The third-order valence-corrected chi connectivity index (χ3v) is 4.51. The van der Waals surface area contributed by atoms with Gasteiger partial charge in [-0.15, -0.1) is 0 Å². The first-order chi connectivity index (χ1) is 13.5. The van der Waals surface area contributed by atoms with Crippen LogP contribution in [-0.4, -0.2) is 35.5 Å². The molecule has 2 heterocycles. The summed E-state index contributed by atoms with van der Waals surface area (Å²) < 4.78 is 51.2. The third kappa shape index (κ3) is 4.68. The molecule has 0 aliphatic carbocycles. The van der Waals surface area contributed by atoms with E-state index in [0.29, 0.717) is 12.3 Å². The summed E-state index contributed by atoms with van der Waals surface area (Å²) in [7, 11) is 0. The van der Waals surface area contributed by atoms with Crippen molar-refractivity contribution in [1.29, 1.82) is 0 Å². The van der Waals surface area contributed by atoms with E-state index in [0.717, 1.165) is 16.7 Å². The summed E-state index contributed by atoms with van der Waals surface area (Å²) in [5.74, 6) is -1.38. The fourth-order valence-corrected chi connectivity index (χ4v) is 3.11. The molecule has 6 nitrogen and oxygen atoms in total. The van der Waals surface area contributed by atoms with Gasteiger partial charge in [-0.3, -0.25) is 14.2 Å². The minimum Gasteiger partial charge on any atom is -0.349 e. The molecule has 1 saturated heterocycles. The Bertz CT molecular complexity index is 982. The van der Waals surface area contributed by atoms with Crippen molar-refractivity contribution < 1.29 is 27.4 Å². The number of carbonyl (C=O) groups excluding carboxylic acids is 1. The van der Waals surface area contributed by atoms with Gasteiger partial charge < -0.3 is 14.8 Å². The van der Waals surface area contributed by atoms with Crippen LogP contribution in [0.1, 0.15) is 35.5 Å². The highest BCUT2D eigenvalue weighted by Gasteiger charge is 2.33. The van der Waals surface area contributed by atoms with E-state index in [-0.39, 0.29) is 23.9 Å². The lowest BCUT2D eigenvalue weighted by molar-refractivity contribution is -0.138. The summed E-state index contributed by atoms with van der Waals surface area (Å²) in [6, 6.07) is 7.27. The van der Waals surface area contributed by atoms with Crippen LogP contribution in [0.4, 0.5) is 13.2 Å². The molecule has 1 unspecified atom stereocenters. The molecule has 29 heavy (non-hydrogen) atoms. The zero-order chi connectivity index (χ0) is 21.4. The molecule has 1 amide bonds. The SMILES string of the molecule is Cc1ccc(C(=O)NCC2COC(C)(C)O2)c(=O)n1-c1cccc(C(F)(F)F)c1. The average Bonchev–Trinajstić information content (AvgIpc) is 2.98. The standard InChI is InChI=1S/C20H21F3N2O4/c1-12-7-8-16(17(26)24-10-15-11-28-19(2,3)29-15)18(27)25(12)14-6-4-5-13(9-14)20(21,22)23/h4-9,15H,10-11H2,1-3H3,(H,24,26). The Balaban J connectivity index is 1.86. The van der Waals surface area contributed by atoms with Gasteiger partial charge in [0, 0.05) is 17.9 Å². The molecule has 3 rings (SSSR count). The molecular formula is C20H21F3N2O4. The van der Waals surface area contributed by atoms with Gasteiger partial charge in [0.1, 0.15) is 11.7 Å². The van der Waals surface area contributed by atoms with Crippen LogP contribution in [0.3, 0.4) is 0 Å². The molecule has 1 atom stereocenters. The highest BCUT2D eigenvalue weighted by molar-refractivity contribution is 5.93. The molecule has 1 aromatic carbocycles. The second-order valence-electron chi connectivity index (χ2n) is 7.24. The quantitative estimate of drug-likeness (QED) is 0.841. The first-order valence-corrected chi connectivity index (χ1v) is 8.98. The number of aromatic nitrogens is 1. The first kappa shape index (κ1) is 21.1. The van der Waals surface area contributed by atoms with Crippen LogP contribution in [-0.2, 0) is 15.7 Å². The highest BCUT2D eigenvalue weighted by Crippen LogP contribution is 2.30. The number of amides is 1. The van der Waals surface area contributed by atoms with Gasteiger partial charge in [0.05, 0.1) is 12.2 Å². The number of hydrogen-bond donors (Lipinski definition) is 1. The summed E-state index contributed by atoms with van der Waals surface area (Å²) in [5, 5.41) is 2.62. The van der Waals surface area contributed by atoms with Crippen LogP contribution >= 0.6 is 0 Å². The molecule has 0 spiro atoms. The maximum absolute atomic E-state index is 13.0. The zero-order valence-corrected chi connectivity index (χ0v) is 16.2. The molecule has 156 valence electrons. The molecule has 1 fully saturated rings. The Labute approximate surface area is 165 Å². The van der Waals surface area contributed by atoms with Crippen molar-refractivity contribution in [3.05, 3.63) is 63.6 Å². The van der Waals surface area contributed by atoms with E-state index in [2.05, 4.69) is 5.32 Å². The Kier molecular flexibility index (Phi) is 5.55. The molecule has 2 aromatic rings. The van der Waals surface area contributed by atoms with Crippen LogP contribution in [0.2, 0.25) is 0 Å². The molecule has 1 N–H and O–H groups in total. The Hall–Kier alpha value is -2.65. The minimum absolute atomic E-state index is 0.0336. The first-order valence-electron chi connectivity index (χ1n) is 8.98. The van der Waals surface area contributed by atoms with Crippen molar-refractivity contribution in [3.63, 3.8) is 0 Å². The van der Waals surface area contributed by atoms with E-state index in [1.54, 1.807) is 20.8 Å². The van der Waals surface area contributed by atoms with Gasteiger partial charge in [0.25, 0.3) is 11.5 Å². The number of halogens is 3. The predicted octanol–water partition coefficient (Wildman–Crippen LogP) is 3.05. The summed E-state index contributed by atoms with van der Waals surface area (Å²) in [5.41, 5.74) is -1.32. The monoisotopic (exact) mass is 410 g/mol. The van der Waals surface area contributed by atoms with E-state index in [1.165, 1.54) is 24.3 Å². The van der Waals surface area contributed by atoms with Gasteiger partial charge in [-0.1, -0.05) is 6.07 Å². The topological polar surface area (TPSA) is 69.6 Å². The molecule has 0 bridgehead atoms. The second-order valence-corrected chi connectivity index (χ2v) is 7.24. The predicted molar refractivity (Wildman–Crippen MR) is 99.0 cm³/mol. The molecule has 9 heteroatoms. The molecule has 1 aromatic heterocycles. The normalized spacial score (nSPS) is 18.6. The maximum atomic E-state index is 13.0. The fourth-order valence-electron chi connectivity index (χ4n) is 3.11. The number of benzene rings is 1. The van der Waals surface area contributed by atoms with Gasteiger partial charge in [0.15, 0.2) is 5.79 Å². The number of pyridine rings is 1. The number of carbonyl (C=O) groups is 1. The van der Waals surface area contributed by atoms with Gasteiger partial charge in [-0.05, 0) is 51.1 Å². The lowest BCUT2D eigenvalue weighted by Crippen LogP contribution is -2.38. The Morgan fingerprint density at radius 2 is 2.00 bits per heavy atom. The zero-order valence-electron chi connectivity index (χ0n) is 16.2. The summed E-state index contributed by atoms with van der Waals surface area (Å²) >= 11 is 0. The molecule has 1 aliphatic rings. The lowest BCUT2D eigenvalue weighted by atomic mass is 10.1. The van der Waals surface area contributed by atoms with E-state index in [4.69, 9.17) is 9.47 Å². The number of rotatable bonds is 4. The third-order valence-electron chi connectivity index (χ3n) is 4.51. The molecule has 1 aliphatic heterocycles. The molecular weight excluding hydrogens is 389 g/mol. The lowest BCUT2D eigenvalue weighted by Gasteiger charge is -2.17. The van der Waals surface area contributed by atoms with Crippen molar-refractivity contribution in [3.8, 4) is 5.69 Å². The number of nitrogens with one attached hydrogen (secondary N) is 1. The van der Waals surface area contributed by atoms with Crippen molar-refractivity contribution in [2.75, 3.05) is 13.2 Å². The smallest absolute Gasteiger partial charge is 0.349 e. The van der Waals surface area contributed by atoms with E-state index < -0.39 is 29.0 Å². The van der Waals surface area contributed by atoms with Crippen LogP contribution < -0.4 is 10.9 Å². The summed E-state index contributed by atoms with van der Waals surface area (Å²) in [6.07, 6.45) is -4.90. The van der Waals surface area contributed by atoms with Crippen molar-refractivity contribution in [2.24, 2.45) is 0 Å². The van der Waals surface area contributed by atoms with Crippen LogP contribution in [0.25, 0.3) is 5.69 Å². The van der Waals surface area contributed by atoms with Crippen LogP contribution in [0.5, 0.6) is 0 Å². The Morgan fingerprint density at radius 1 is 1.28 bits per heavy atom. The highest BCUT2D eigenvalue weighted by atomic mass is 19.4. The number of ether oxygens (including phenoxy) is 2. The average molecular weight is 410 g/mol. The van der Waals surface area contributed by atoms with E-state index >= 15 is 0 Å². The van der Waals surface area contributed by atoms with Crippen LogP contribution in [0, 0.1) is 6.92 Å². The number of alkyl halides is 3. The van der Waals surface area contributed by atoms with Crippen molar-refractivity contribution in [2.45, 2.75) is 38.8 Å². The largest absolute Gasteiger partial charge is 0.416 e. The van der Waals surface area contributed by atoms with Gasteiger partial charge in [-0.2, -0.15) is 13.2 Å². The number of nitrogens with zero attached hydrogens (tertiary/aromatic N) is 1. The maximum Gasteiger partial charge on any atom is 0.416 e. The molecule has 0 saturated carbocycles. The van der Waals surface area contributed by atoms with Gasteiger partial charge in [0.2, 0.25) is 0 Å². The minimum atomic E-state index is -4.54. The van der Waals surface area contributed by atoms with Gasteiger partial charge >= 0.3 is 6.18 Å². The van der Waals surface area contributed by atoms with Crippen molar-refractivity contribution in [1.82, 2.24) is 9.88 Å².